The van der Waals surface area contributed by atoms with E-state index in [9.17, 15) is 0 Å². The van der Waals surface area contributed by atoms with Gasteiger partial charge in [-0.1, -0.05) is 6.92 Å². The van der Waals surface area contributed by atoms with Crippen LogP contribution in [-0.2, 0) is 6.54 Å². The van der Waals surface area contributed by atoms with Gasteiger partial charge in [0.2, 0.25) is 5.88 Å². The van der Waals surface area contributed by atoms with Crippen LogP contribution in [0.5, 0.6) is 5.88 Å². The molecule has 6 heteroatoms. The van der Waals surface area contributed by atoms with Crippen molar-refractivity contribution in [2.75, 3.05) is 28.2 Å². The van der Waals surface area contributed by atoms with E-state index in [0.717, 1.165) is 36.2 Å². The fraction of sp³-hybridized carbons (Fsp3) is 0.667. The van der Waals surface area contributed by atoms with Gasteiger partial charge in [-0.25, -0.2) is 9.98 Å². The Morgan fingerprint density at radius 3 is 2.38 bits per heavy atom. The average Bonchev–Trinajstić information content (AvgIpc) is 2.49. The predicted molar refractivity (Wildman–Crippen MR) is 110 cm³/mol. The molecule has 1 aliphatic rings. The van der Waals surface area contributed by atoms with E-state index < -0.39 is 0 Å². The molecule has 1 fully saturated rings. The number of guanidine groups is 1. The molecule has 1 aromatic heterocycles. The average molecular weight is 446 g/mol. The van der Waals surface area contributed by atoms with Crippen molar-refractivity contribution in [3.63, 3.8) is 0 Å². The Balaban J connectivity index is 0.00000288. The van der Waals surface area contributed by atoms with E-state index >= 15 is 0 Å². The Hall–Kier alpha value is -1.05. The number of halogens is 1. The SMILES string of the molecule is CC1CCC(Oc2cc(CN=C(N(C)C)N(C)C)ccn2)CC1.I. The number of pyridine rings is 1. The van der Waals surface area contributed by atoms with Gasteiger partial charge in [-0.05, 0) is 43.2 Å². The molecule has 0 spiro atoms. The fourth-order valence-corrected chi connectivity index (χ4v) is 2.98. The first-order chi connectivity index (χ1) is 11.0. The van der Waals surface area contributed by atoms with Gasteiger partial charge in [0, 0.05) is 40.5 Å². The zero-order chi connectivity index (χ0) is 16.8. The molecule has 0 radical (unpaired) electrons. The normalized spacial score (nSPS) is 19.9. The number of hydrogen-bond donors (Lipinski definition) is 0. The molecular weight excluding hydrogens is 415 g/mol. The largest absolute Gasteiger partial charge is 0.474 e. The van der Waals surface area contributed by atoms with Crippen LogP contribution in [0.1, 0.15) is 38.2 Å². The molecule has 0 aromatic carbocycles. The number of nitrogens with zero attached hydrogens (tertiary/aromatic N) is 4. The second kappa shape index (κ2) is 10.1. The first-order valence-corrected chi connectivity index (χ1v) is 8.46. The molecule has 0 bridgehead atoms. The van der Waals surface area contributed by atoms with Crippen LogP contribution < -0.4 is 4.74 Å². The highest BCUT2D eigenvalue weighted by molar-refractivity contribution is 14.0. The molecule has 1 saturated carbocycles. The van der Waals surface area contributed by atoms with Gasteiger partial charge in [0.1, 0.15) is 6.10 Å². The minimum absolute atomic E-state index is 0. The van der Waals surface area contributed by atoms with Gasteiger partial charge < -0.3 is 14.5 Å². The second-order valence-electron chi connectivity index (χ2n) is 6.91. The number of aromatic nitrogens is 1. The van der Waals surface area contributed by atoms with Crippen molar-refractivity contribution in [3.05, 3.63) is 23.9 Å². The molecular formula is C18H31IN4O. The minimum Gasteiger partial charge on any atom is -0.474 e. The maximum absolute atomic E-state index is 6.07. The molecule has 24 heavy (non-hydrogen) atoms. The monoisotopic (exact) mass is 446 g/mol. The van der Waals surface area contributed by atoms with Crippen LogP contribution in [0.3, 0.4) is 0 Å². The summed E-state index contributed by atoms with van der Waals surface area (Å²) in [6, 6.07) is 4.02. The summed E-state index contributed by atoms with van der Waals surface area (Å²) >= 11 is 0. The molecule has 0 N–H and O–H groups in total. The van der Waals surface area contributed by atoms with Crippen LogP contribution in [0.4, 0.5) is 0 Å². The standard InChI is InChI=1S/C18H30N4O.HI/c1-14-6-8-16(9-7-14)23-17-12-15(10-11-19-17)13-20-18(21(2)3)22(4)5;/h10-12,14,16H,6-9,13H2,1-5H3;1H. The Morgan fingerprint density at radius 1 is 1.17 bits per heavy atom. The van der Waals surface area contributed by atoms with Crippen LogP contribution in [0.25, 0.3) is 0 Å². The first kappa shape index (κ1) is 21.0. The van der Waals surface area contributed by atoms with Gasteiger partial charge in [0.05, 0.1) is 6.54 Å². The van der Waals surface area contributed by atoms with Gasteiger partial charge in [-0.15, -0.1) is 24.0 Å². The van der Waals surface area contributed by atoms with Crippen LogP contribution in [-0.4, -0.2) is 55.0 Å². The zero-order valence-electron chi connectivity index (χ0n) is 15.5. The van der Waals surface area contributed by atoms with Crippen molar-refractivity contribution in [2.24, 2.45) is 10.9 Å². The molecule has 0 amide bonds. The smallest absolute Gasteiger partial charge is 0.213 e. The van der Waals surface area contributed by atoms with E-state index in [-0.39, 0.29) is 24.0 Å². The lowest BCUT2D eigenvalue weighted by atomic mass is 9.89. The molecule has 1 aromatic rings. The quantitative estimate of drug-likeness (QED) is 0.403. The van der Waals surface area contributed by atoms with Crippen LogP contribution in [0.2, 0.25) is 0 Å². The summed E-state index contributed by atoms with van der Waals surface area (Å²) in [4.78, 5) is 13.1. The highest BCUT2D eigenvalue weighted by Crippen LogP contribution is 2.26. The van der Waals surface area contributed by atoms with Gasteiger partial charge in [0.15, 0.2) is 5.96 Å². The van der Waals surface area contributed by atoms with Crippen molar-refractivity contribution in [1.82, 2.24) is 14.8 Å². The fourth-order valence-electron chi connectivity index (χ4n) is 2.98. The summed E-state index contributed by atoms with van der Waals surface area (Å²) in [5, 5.41) is 0. The van der Waals surface area contributed by atoms with E-state index in [4.69, 9.17) is 4.74 Å². The molecule has 2 rings (SSSR count). The van der Waals surface area contributed by atoms with Crippen LogP contribution in [0, 0.1) is 5.92 Å². The number of rotatable bonds is 4. The summed E-state index contributed by atoms with van der Waals surface area (Å²) in [7, 11) is 8.02. The van der Waals surface area contributed by atoms with Gasteiger partial charge in [0.25, 0.3) is 0 Å². The van der Waals surface area contributed by atoms with Crippen molar-refractivity contribution in [1.29, 1.82) is 0 Å². The van der Waals surface area contributed by atoms with E-state index in [2.05, 4.69) is 16.9 Å². The molecule has 136 valence electrons. The minimum atomic E-state index is 0. The third kappa shape index (κ3) is 6.45. The third-order valence-corrected chi connectivity index (χ3v) is 4.25. The van der Waals surface area contributed by atoms with Gasteiger partial charge in [-0.2, -0.15) is 0 Å². The van der Waals surface area contributed by atoms with Crippen LogP contribution in [0.15, 0.2) is 23.3 Å². The Bertz CT molecular complexity index is 516. The maximum Gasteiger partial charge on any atom is 0.213 e. The summed E-state index contributed by atoms with van der Waals surface area (Å²) < 4.78 is 6.07. The summed E-state index contributed by atoms with van der Waals surface area (Å²) in [6.45, 7) is 2.95. The third-order valence-electron chi connectivity index (χ3n) is 4.25. The first-order valence-electron chi connectivity index (χ1n) is 8.46. The molecule has 0 unspecified atom stereocenters. The van der Waals surface area contributed by atoms with Gasteiger partial charge >= 0.3 is 0 Å². The Kier molecular flexibility index (Phi) is 8.80. The summed E-state index contributed by atoms with van der Waals surface area (Å²) in [5.41, 5.74) is 1.13. The predicted octanol–water partition coefficient (Wildman–Crippen LogP) is 3.64. The zero-order valence-corrected chi connectivity index (χ0v) is 17.9. The van der Waals surface area contributed by atoms with Crippen molar-refractivity contribution in [2.45, 2.75) is 45.3 Å². The Morgan fingerprint density at radius 2 is 1.79 bits per heavy atom. The van der Waals surface area contributed by atoms with Crippen molar-refractivity contribution >= 4 is 29.9 Å². The Labute approximate surface area is 163 Å². The molecule has 1 aliphatic carbocycles. The number of ether oxygens (including phenoxy) is 1. The number of hydrogen-bond acceptors (Lipinski definition) is 3. The molecule has 0 atom stereocenters. The van der Waals surface area contributed by atoms with E-state index in [1.54, 1.807) is 0 Å². The van der Waals surface area contributed by atoms with Crippen molar-refractivity contribution < 1.29 is 4.74 Å². The lowest BCUT2D eigenvalue weighted by Gasteiger charge is -2.26. The highest BCUT2D eigenvalue weighted by Gasteiger charge is 2.19. The molecule has 0 saturated heterocycles. The highest BCUT2D eigenvalue weighted by atomic mass is 127. The lowest BCUT2D eigenvalue weighted by molar-refractivity contribution is 0.130. The van der Waals surface area contributed by atoms with E-state index in [0.29, 0.717) is 12.6 Å². The number of aliphatic imine (C=N–C) groups is 1. The van der Waals surface area contributed by atoms with Crippen molar-refractivity contribution in [3.8, 4) is 5.88 Å². The molecule has 5 nitrogen and oxygen atoms in total. The topological polar surface area (TPSA) is 41.0 Å². The van der Waals surface area contributed by atoms with Gasteiger partial charge in [-0.3, -0.25) is 0 Å². The molecule has 0 aliphatic heterocycles. The second-order valence-corrected chi connectivity index (χ2v) is 6.91. The maximum atomic E-state index is 6.07. The molecule has 1 heterocycles. The lowest BCUT2D eigenvalue weighted by Crippen LogP contribution is -2.35. The summed E-state index contributed by atoms with van der Waals surface area (Å²) in [5.74, 6) is 2.51. The van der Waals surface area contributed by atoms with Crippen LogP contribution >= 0.6 is 24.0 Å². The van der Waals surface area contributed by atoms with E-state index in [1.807, 2.05) is 56.3 Å². The van der Waals surface area contributed by atoms with E-state index in [1.165, 1.54) is 12.8 Å². The summed E-state index contributed by atoms with van der Waals surface area (Å²) in [6.07, 6.45) is 6.91.